The van der Waals surface area contributed by atoms with Crippen molar-refractivity contribution in [2.24, 2.45) is 7.05 Å². The Bertz CT molecular complexity index is 513. The molecule has 0 aliphatic carbocycles. The summed E-state index contributed by atoms with van der Waals surface area (Å²) in [6.45, 7) is 2.72. The molecule has 5 heteroatoms. The van der Waals surface area contributed by atoms with E-state index in [1.807, 2.05) is 57.5 Å². The van der Waals surface area contributed by atoms with Crippen LogP contribution in [0.4, 0.5) is 11.6 Å². The molecular formula is C13H19N5. The topological polar surface area (TPSA) is 46.0 Å². The van der Waals surface area contributed by atoms with Gasteiger partial charge in [-0.25, -0.2) is 4.98 Å². The molecule has 2 rings (SSSR count). The summed E-state index contributed by atoms with van der Waals surface area (Å²) in [7, 11) is 6.00. The van der Waals surface area contributed by atoms with Crippen LogP contribution in [0.15, 0.2) is 24.5 Å². The monoisotopic (exact) mass is 245 g/mol. The summed E-state index contributed by atoms with van der Waals surface area (Å²) >= 11 is 0. The lowest BCUT2D eigenvalue weighted by Crippen LogP contribution is -2.15. The first-order valence-corrected chi connectivity index (χ1v) is 5.92. The van der Waals surface area contributed by atoms with Gasteiger partial charge in [-0.15, -0.1) is 0 Å². The predicted octanol–water partition coefficient (Wildman–Crippen LogP) is 1.80. The lowest BCUT2D eigenvalue weighted by atomic mass is 10.3. The van der Waals surface area contributed by atoms with E-state index in [1.165, 1.54) is 0 Å². The van der Waals surface area contributed by atoms with E-state index in [0.717, 1.165) is 29.6 Å². The Labute approximate surface area is 107 Å². The van der Waals surface area contributed by atoms with E-state index >= 15 is 0 Å². The highest BCUT2D eigenvalue weighted by atomic mass is 15.3. The molecule has 1 N–H and O–H groups in total. The molecule has 96 valence electrons. The summed E-state index contributed by atoms with van der Waals surface area (Å²) in [5.41, 5.74) is 3.18. The van der Waals surface area contributed by atoms with Gasteiger partial charge in [0.05, 0.1) is 30.3 Å². The molecule has 18 heavy (non-hydrogen) atoms. The Hall–Kier alpha value is -2.04. The standard InChI is InChI=1S/C13H19N5/c1-10-5-6-11(7-14-10)15-8-12-9-16-13(17(2)3)18(12)4/h5-7,9,15H,8H2,1-4H3. The van der Waals surface area contributed by atoms with Crippen molar-refractivity contribution in [3.63, 3.8) is 0 Å². The maximum absolute atomic E-state index is 4.37. The van der Waals surface area contributed by atoms with Gasteiger partial charge in [-0.2, -0.15) is 0 Å². The molecule has 2 aromatic heterocycles. The molecule has 0 saturated carbocycles. The van der Waals surface area contributed by atoms with Crippen molar-refractivity contribution in [2.45, 2.75) is 13.5 Å². The average molecular weight is 245 g/mol. The number of pyridine rings is 1. The second-order valence-electron chi connectivity index (χ2n) is 4.54. The molecule has 0 aliphatic rings. The fraction of sp³-hybridized carbons (Fsp3) is 0.385. The summed E-state index contributed by atoms with van der Waals surface area (Å²) in [5, 5.41) is 3.34. The van der Waals surface area contributed by atoms with Crippen LogP contribution in [0, 0.1) is 6.92 Å². The van der Waals surface area contributed by atoms with Crippen molar-refractivity contribution < 1.29 is 0 Å². The molecule has 2 heterocycles. The van der Waals surface area contributed by atoms with Gasteiger partial charge < -0.3 is 14.8 Å². The van der Waals surface area contributed by atoms with Crippen LogP contribution in [0.2, 0.25) is 0 Å². The summed E-state index contributed by atoms with van der Waals surface area (Å²) in [6, 6.07) is 4.03. The maximum atomic E-state index is 4.37. The largest absolute Gasteiger partial charge is 0.378 e. The smallest absolute Gasteiger partial charge is 0.204 e. The lowest BCUT2D eigenvalue weighted by Gasteiger charge is -2.13. The van der Waals surface area contributed by atoms with Crippen molar-refractivity contribution in [2.75, 3.05) is 24.3 Å². The highest BCUT2D eigenvalue weighted by molar-refractivity contribution is 5.41. The van der Waals surface area contributed by atoms with Gasteiger partial charge in [0.25, 0.3) is 0 Å². The molecule has 0 bridgehead atoms. The number of aromatic nitrogens is 3. The minimum absolute atomic E-state index is 0.738. The van der Waals surface area contributed by atoms with Crippen molar-refractivity contribution in [3.05, 3.63) is 35.9 Å². The van der Waals surface area contributed by atoms with E-state index in [0.29, 0.717) is 0 Å². The van der Waals surface area contributed by atoms with Gasteiger partial charge in [0.2, 0.25) is 5.95 Å². The van der Waals surface area contributed by atoms with E-state index in [2.05, 4.69) is 19.9 Å². The van der Waals surface area contributed by atoms with Crippen LogP contribution >= 0.6 is 0 Å². The van der Waals surface area contributed by atoms with Gasteiger partial charge in [0.1, 0.15) is 0 Å². The molecule has 0 saturated heterocycles. The zero-order chi connectivity index (χ0) is 13.1. The number of anilines is 2. The van der Waals surface area contributed by atoms with E-state index in [1.54, 1.807) is 0 Å². The fourth-order valence-corrected chi connectivity index (χ4v) is 1.78. The third kappa shape index (κ3) is 2.61. The Balaban J connectivity index is 2.04. The van der Waals surface area contributed by atoms with Gasteiger partial charge in [-0.1, -0.05) is 0 Å². The van der Waals surface area contributed by atoms with Gasteiger partial charge >= 0.3 is 0 Å². The van der Waals surface area contributed by atoms with Crippen molar-refractivity contribution >= 4 is 11.6 Å². The summed E-state index contributed by atoms with van der Waals surface area (Å²) in [6.07, 6.45) is 3.74. The van der Waals surface area contributed by atoms with Crippen LogP contribution in [-0.2, 0) is 13.6 Å². The number of hydrogen-bond acceptors (Lipinski definition) is 4. The lowest BCUT2D eigenvalue weighted by molar-refractivity contribution is 0.813. The zero-order valence-electron chi connectivity index (χ0n) is 11.3. The predicted molar refractivity (Wildman–Crippen MR) is 73.8 cm³/mol. The molecule has 0 amide bonds. The fourth-order valence-electron chi connectivity index (χ4n) is 1.78. The maximum Gasteiger partial charge on any atom is 0.204 e. The first-order chi connectivity index (χ1) is 8.58. The highest BCUT2D eigenvalue weighted by Gasteiger charge is 2.07. The molecule has 5 nitrogen and oxygen atoms in total. The summed E-state index contributed by atoms with van der Waals surface area (Å²) in [4.78, 5) is 10.6. The number of imidazole rings is 1. The van der Waals surface area contributed by atoms with Gasteiger partial charge in [-0.05, 0) is 19.1 Å². The Morgan fingerprint density at radius 2 is 2.00 bits per heavy atom. The second kappa shape index (κ2) is 5.08. The molecule has 0 fully saturated rings. The highest BCUT2D eigenvalue weighted by Crippen LogP contribution is 2.13. The first-order valence-electron chi connectivity index (χ1n) is 5.92. The van der Waals surface area contributed by atoms with Gasteiger partial charge in [0.15, 0.2) is 0 Å². The quantitative estimate of drug-likeness (QED) is 0.892. The molecule has 0 unspecified atom stereocenters. The number of aryl methyl sites for hydroxylation is 1. The van der Waals surface area contributed by atoms with E-state index in [-0.39, 0.29) is 0 Å². The number of rotatable bonds is 4. The number of hydrogen-bond donors (Lipinski definition) is 1. The second-order valence-corrected chi connectivity index (χ2v) is 4.54. The third-order valence-corrected chi connectivity index (χ3v) is 2.84. The number of nitrogens with one attached hydrogen (secondary N) is 1. The molecule has 0 aromatic carbocycles. The van der Waals surface area contributed by atoms with Gasteiger partial charge in [-0.3, -0.25) is 4.98 Å². The molecule has 0 radical (unpaired) electrons. The zero-order valence-corrected chi connectivity index (χ0v) is 11.3. The first kappa shape index (κ1) is 12.4. The Morgan fingerprint density at radius 3 is 2.56 bits per heavy atom. The minimum Gasteiger partial charge on any atom is -0.378 e. The Morgan fingerprint density at radius 1 is 1.22 bits per heavy atom. The third-order valence-electron chi connectivity index (χ3n) is 2.84. The average Bonchev–Trinajstić information content (AvgIpc) is 2.70. The van der Waals surface area contributed by atoms with Crippen LogP contribution in [0.25, 0.3) is 0 Å². The van der Waals surface area contributed by atoms with Crippen LogP contribution in [0.1, 0.15) is 11.4 Å². The summed E-state index contributed by atoms with van der Waals surface area (Å²) in [5.74, 6) is 0.953. The summed E-state index contributed by atoms with van der Waals surface area (Å²) < 4.78 is 2.08. The molecule has 2 aromatic rings. The van der Waals surface area contributed by atoms with Crippen molar-refractivity contribution in [1.29, 1.82) is 0 Å². The van der Waals surface area contributed by atoms with Crippen molar-refractivity contribution in [1.82, 2.24) is 14.5 Å². The normalized spacial score (nSPS) is 10.4. The van der Waals surface area contributed by atoms with E-state index in [4.69, 9.17) is 0 Å². The van der Waals surface area contributed by atoms with Crippen LogP contribution in [0.3, 0.4) is 0 Å². The van der Waals surface area contributed by atoms with Crippen LogP contribution in [0.5, 0.6) is 0 Å². The van der Waals surface area contributed by atoms with Crippen molar-refractivity contribution in [3.8, 4) is 0 Å². The minimum atomic E-state index is 0.738. The van der Waals surface area contributed by atoms with Gasteiger partial charge in [0, 0.05) is 26.8 Å². The number of nitrogens with zero attached hydrogens (tertiary/aromatic N) is 4. The molecule has 0 aliphatic heterocycles. The Kier molecular flexibility index (Phi) is 3.50. The molecule has 0 atom stereocenters. The van der Waals surface area contributed by atoms with Crippen LogP contribution < -0.4 is 10.2 Å². The van der Waals surface area contributed by atoms with E-state index in [9.17, 15) is 0 Å². The van der Waals surface area contributed by atoms with E-state index < -0.39 is 0 Å². The SMILES string of the molecule is Cc1ccc(NCc2cnc(N(C)C)n2C)cn1. The molecular weight excluding hydrogens is 226 g/mol. The van der Waals surface area contributed by atoms with Crippen LogP contribution in [-0.4, -0.2) is 28.6 Å². The molecule has 0 spiro atoms.